The quantitative estimate of drug-likeness (QED) is 0.779. The molecule has 0 saturated carbocycles. The highest BCUT2D eigenvalue weighted by molar-refractivity contribution is 5.95. The minimum Gasteiger partial charge on any atom is -0.376 e. The van der Waals surface area contributed by atoms with Crippen LogP contribution in [0, 0.1) is 6.92 Å². The van der Waals surface area contributed by atoms with Crippen molar-refractivity contribution in [1.82, 2.24) is 14.9 Å². The molecular weight excluding hydrogens is 378 g/mol. The summed E-state index contributed by atoms with van der Waals surface area (Å²) in [5, 5.41) is 0. The molecule has 0 atom stereocenters. The summed E-state index contributed by atoms with van der Waals surface area (Å²) in [7, 11) is 0. The number of nitrogens with zero attached hydrogens (tertiary/aromatic N) is 5. The highest BCUT2D eigenvalue weighted by Gasteiger charge is 2.29. The van der Waals surface area contributed by atoms with Crippen LogP contribution in [0.4, 0.5) is 11.8 Å². The molecule has 0 spiro atoms. The Morgan fingerprint density at radius 3 is 2.50 bits per heavy atom. The van der Waals surface area contributed by atoms with Crippen LogP contribution >= 0.6 is 0 Å². The Balaban J connectivity index is 1.36. The fourth-order valence-corrected chi connectivity index (χ4v) is 4.63. The number of hydrogen-bond acceptors (Lipinski definition) is 6. The van der Waals surface area contributed by atoms with Crippen LogP contribution in [0.1, 0.15) is 40.0 Å². The highest BCUT2D eigenvalue weighted by Crippen LogP contribution is 2.30. The van der Waals surface area contributed by atoms with E-state index in [2.05, 4.69) is 9.80 Å². The molecule has 2 fully saturated rings. The predicted molar refractivity (Wildman–Crippen MR) is 116 cm³/mol. The van der Waals surface area contributed by atoms with Crippen molar-refractivity contribution in [3.8, 4) is 0 Å². The predicted octanol–water partition coefficient (Wildman–Crippen LogP) is 2.42. The summed E-state index contributed by atoms with van der Waals surface area (Å²) in [6, 6.07) is 7.83. The summed E-state index contributed by atoms with van der Waals surface area (Å²) in [6.07, 6.45) is 3.26. The number of anilines is 2. The van der Waals surface area contributed by atoms with Crippen LogP contribution in [0.5, 0.6) is 0 Å². The number of ether oxygens (including phenoxy) is 1. The van der Waals surface area contributed by atoms with Crippen molar-refractivity contribution in [3.63, 3.8) is 0 Å². The van der Waals surface area contributed by atoms with Gasteiger partial charge in [0.25, 0.3) is 5.91 Å². The molecule has 3 aliphatic heterocycles. The first-order chi connectivity index (χ1) is 14.7. The molecule has 3 aliphatic rings. The van der Waals surface area contributed by atoms with Crippen molar-refractivity contribution in [2.24, 2.45) is 0 Å². The number of hydrogen-bond donors (Lipinski definition) is 0. The molecule has 5 rings (SSSR count). The Labute approximate surface area is 177 Å². The zero-order valence-corrected chi connectivity index (χ0v) is 17.6. The molecule has 30 heavy (non-hydrogen) atoms. The van der Waals surface area contributed by atoms with Crippen molar-refractivity contribution >= 4 is 17.7 Å². The van der Waals surface area contributed by atoms with Crippen LogP contribution in [-0.2, 0) is 17.8 Å². The Bertz CT molecular complexity index is 933. The van der Waals surface area contributed by atoms with Gasteiger partial charge in [-0.1, -0.05) is 18.2 Å². The Morgan fingerprint density at radius 1 is 0.967 bits per heavy atom. The zero-order chi connectivity index (χ0) is 20.5. The summed E-state index contributed by atoms with van der Waals surface area (Å²) in [6.45, 7) is 8.32. The summed E-state index contributed by atoms with van der Waals surface area (Å²) in [5.74, 6) is 1.99. The Hall–Kier alpha value is -2.67. The van der Waals surface area contributed by atoms with Crippen molar-refractivity contribution in [1.29, 1.82) is 0 Å². The van der Waals surface area contributed by atoms with Crippen LogP contribution in [0.25, 0.3) is 0 Å². The number of carbonyl (C=O) groups is 1. The number of fused-ring (bicyclic) bond motifs is 1. The van der Waals surface area contributed by atoms with E-state index in [1.807, 2.05) is 36.1 Å². The first-order valence-corrected chi connectivity index (χ1v) is 11.0. The molecule has 1 amide bonds. The smallest absolute Gasteiger partial charge is 0.254 e. The minimum atomic E-state index is 0.124. The number of aryl methyl sites for hydroxylation is 1. The molecule has 7 nitrogen and oxygen atoms in total. The maximum atomic E-state index is 13.0. The van der Waals surface area contributed by atoms with E-state index < -0.39 is 0 Å². The molecule has 0 aliphatic carbocycles. The number of benzene rings is 1. The summed E-state index contributed by atoms with van der Waals surface area (Å²) in [4.78, 5) is 29.4. The van der Waals surface area contributed by atoms with Crippen molar-refractivity contribution < 1.29 is 9.53 Å². The van der Waals surface area contributed by atoms with Crippen LogP contribution in [0.15, 0.2) is 24.3 Å². The van der Waals surface area contributed by atoms with Gasteiger partial charge in [-0.25, -0.2) is 4.98 Å². The van der Waals surface area contributed by atoms with Crippen molar-refractivity contribution in [2.75, 3.05) is 55.7 Å². The Kier molecular flexibility index (Phi) is 5.29. The largest absolute Gasteiger partial charge is 0.376 e. The van der Waals surface area contributed by atoms with Crippen LogP contribution in [0.2, 0.25) is 0 Å². The van der Waals surface area contributed by atoms with Gasteiger partial charge in [0.2, 0.25) is 5.95 Å². The SMILES string of the molecule is Cc1ccccc1C(=O)N1CCN(c2nc(N3CCCC3)nc3c2COCC3)CC1. The molecule has 0 unspecified atom stereocenters. The molecule has 0 radical (unpaired) electrons. The normalized spacial score (nSPS) is 19.2. The highest BCUT2D eigenvalue weighted by atomic mass is 16.5. The van der Waals surface area contributed by atoms with Gasteiger partial charge in [-0.15, -0.1) is 0 Å². The van der Waals surface area contributed by atoms with Gasteiger partial charge in [-0.05, 0) is 31.4 Å². The van der Waals surface area contributed by atoms with E-state index >= 15 is 0 Å². The fourth-order valence-electron chi connectivity index (χ4n) is 4.63. The van der Waals surface area contributed by atoms with E-state index in [4.69, 9.17) is 14.7 Å². The lowest BCUT2D eigenvalue weighted by Crippen LogP contribution is -2.49. The lowest BCUT2D eigenvalue weighted by molar-refractivity contribution is 0.0745. The number of rotatable bonds is 3. The Morgan fingerprint density at radius 2 is 1.73 bits per heavy atom. The average molecular weight is 408 g/mol. The maximum absolute atomic E-state index is 13.0. The lowest BCUT2D eigenvalue weighted by Gasteiger charge is -2.37. The second kappa shape index (κ2) is 8.22. The molecule has 0 bridgehead atoms. The monoisotopic (exact) mass is 407 g/mol. The minimum absolute atomic E-state index is 0.124. The average Bonchev–Trinajstić information content (AvgIpc) is 3.33. The third-order valence-corrected chi connectivity index (χ3v) is 6.42. The first kappa shape index (κ1) is 19.3. The van der Waals surface area contributed by atoms with E-state index in [-0.39, 0.29) is 5.91 Å². The van der Waals surface area contributed by atoms with Gasteiger partial charge in [0.05, 0.1) is 18.9 Å². The number of aromatic nitrogens is 2. The zero-order valence-electron chi connectivity index (χ0n) is 17.6. The maximum Gasteiger partial charge on any atom is 0.254 e. The molecule has 2 saturated heterocycles. The second-order valence-corrected chi connectivity index (χ2v) is 8.36. The van der Waals surface area contributed by atoms with Crippen molar-refractivity contribution in [2.45, 2.75) is 32.8 Å². The van der Waals surface area contributed by atoms with Crippen LogP contribution < -0.4 is 9.80 Å². The molecule has 4 heterocycles. The van der Waals surface area contributed by atoms with E-state index in [0.717, 1.165) is 73.4 Å². The topological polar surface area (TPSA) is 61.8 Å². The van der Waals surface area contributed by atoms with Gasteiger partial charge < -0.3 is 19.4 Å². The fraction of sp³-hybridized carbons (Fsp3) is 0.522. The summed E-state index contributed by atoms with van der Waals surface area (Å²) < 4.78 is 5.74. The number of piperazine rings is 1. The van der Waals surface area contributed by atoms with Crippen LogP contribution in [0.3, 0.4) is 0 Å². The molecule has 7 heteroatoms. The standard InChI is InChI=1S/C23H29N5O2/c1-17-6-2-3-7-18(17)22(29)27-13-11-26(12-14-27)21-19-16-30-15-8-20(19)24-23(25-21)28-9-4-5-10-28/h2-3,6-7H,4-5,8-16H2,1H3. The summed E-state index contributed by atoms with van der Waals surface area (Å²) in [5.41, 5.74) is 4.09. The van der Waals surface area contributed by atoms with E-state index in [0.29, 0.717) is 19.7 Å². The van der Waals surface area contributed by atoms with Gasteiger partial charge >= 0.3 is 0 Å². The lowest BCUT2D eigenvalue weighted by atomic mass is 10.1. The van der Waals surface area contributed by atoms with Gasteiger partial charge in [0.15, 0.2) is 0 Å². The third kappa shape index (κ3) is 3.62. The van der Waals surface area contributed by atoms with Gasteiger partial charge in [0.1, 0.15) is 5.82 Å². The van der Waals surface area contributed by atoms with Crippen LogP contribution in [-0.4, -0.2) is 66.7 Å². The molecule has 1 aromatic carbocycles. The molecular formula is C23H29N5O2. The van der Waals surface area contributed by atoms with Gasteiger partial charge in [0, 0.05) is 56.8 Å². The first-order valence-electron chi connectivity index (χ1n) is 11.0. The molecule has 0 N–H and O–H groups in total. The number of carbonyl (C=O) groups excluding carboxylic acids is 1. The van der Waals surface area contributed by atoms with E-state index in [1.165, 1.54) is 12.8 Å². The second-order valence-electron chi connectivity index (χ2n) is 8.36. The molecule has 2 aromatic rings. The van der Waals surface area contributed by atoms with Crippen molar-refractivity contribution in [3.05, 3.63) is 46.6 Å². The van der Waals surface area contributed by atoms with Gasteiger partial charge in [-0.2, -0.15) is 4.98 Å². The summed E-state index contributed by atoms with van der Waals surface area (Å²) >= 11 is 0. The number of amides is 1. The third-order valence-electron chi connectivity index (χ3n) is 6.42. The van der Waals surface area contributed by atoms with E-state index in [1.54, 1.807) is 0 Å². The molecule has 158 valence electrons. The molecule has 1 aromatic heterocycles. The van der Waals surface area contributed by atoms with E-state index in [9.17, 15) is 4.79 Å². The van der Waals surface area contributed by atoms with Gasteiger partial charge in [-0.3, -0.25) is 4.79 Å².